The number of benzene rings is 2. The first-order chi connectivity index (χ1) is 11.3. The quantitative estimate of drug-likeness (QED) is 0.623. The SMILES string of the molecule is COc1ccccc1Nc1nc2ccc(Cl)cc2n2nnnc12. The number of nitrogens with zero attached hydrogens (tertiary/aromatic N) is 5. The Labute approximate surface area is 135 Å². The largest absolute Gasteiger partial charge is 0.495 e. The van der Waals surface area contributed by atoms with Crippen LogP contribution in [0.5, 0.6) is 5.75 Å². The van der Waals surface area contributed by atoms with Crippen LogP contribution in [0.25, 0.3) is 16.7 Å². The summed E-state index contributed by atoms with van der Waals surface area (Å²) >= 11 is 6.05. The summed E-state index contributed by atoms with van der Waals surface area (Å²) in [5.74, 6) is 1.24. The number of ether oxygens (including phenoxy) is 1. The molecule has 0 saturated heterocycles. The zero-order valence-corrected chi connectivity index (χ0v) is 12.8. The number of aromatic nitrogens is 5. The van der Waals surface area contributed by atoms with Gasteiger partial charge in [0.05, 0.1) is 23.8 Å². The number of hydrogen-bond acceptors (Lipinski definition) is 6. The molecule has 0 unspecified atom stereocenters. The molecule has 0 aliphatic rings. The molecule has 0 aliphatic carbocycles. The Bertz CT molecular complexity index is 1020. The number of nitrogens with one attached hydrogen (secondary N) is 1. The van der Waals surface area contributed by atoms with E-state index < -0.39 is 0 Å². The van der Waals surface area contributed by atoms with Crippen molar-refractivity contribution in [1.82, 2.24) is 25.0 Å². The highest BCUT2D eigenvalue weighted by molar-refractivity contribution is 6.31. The highest BCUT2D eigenvalue weighted by Gasteiger charge is 2.13. The van der Waals surface area contributed by atoms with Crippen molar-refractivity contribution in [3.8, 4) is 5.75 Å². The molecule has 0 bridgehead atoms. The first kappa shape index (κ1) is 13.7. The molecule has 8 heteroatoms. The first-order valence-electron chi connectivity index (χ1n) is 6.83. The summed E-state index contributed by atoms with van der Waals surface area (Å²) in [5.41, 5.74) is 2.75. The molecule has 0 aliphatic heterocycles. The van der Waals surface area contributed by atoms with Crippen LogP contribution in [-0.2, 0) is 0 Å². The van der Waals surface area contributed by atoms with Crippen molar-refractivity contribution in [2.24, 2.45) is 0 Å². The fourth-order valence-corrected chi connectivity index (χ4v) is 2.55. The minimum Gasteiger partial charge on any atom is -0.495 e. The van der Waals surface area contributed by atoms with Crippen LogP contribution in [0.4, 0.5) is 11.5 Å². The smallest absolute Gasteiger partial charge is 0.222 e. The summed E-state index contributed by atoms with van der Waals surface area (Å²) < 4.78 is 6.95. The summed E-state index contributed by atoms with van der Waals surface area (Å²) in [6.07, 6.45) is 0. The van der Waals surface area contributed by atoms with E-state index in [1.54, 1.807) is 23.8 Å². The van der Waals surface area contributed by atoms with Gasteiger partial charge in [0.15, 0.2) is 5.82 Å². The van der Waals surface area contributed by atoms with Crippen LogP contribution in [0.15, 0.2) is 42.5 Å². The predicted octanol–water partition coefficient (Wildman–Crippen LogP) is 3.08. The molecule has 2 heterocycles. The van der Waals surface area contributed by atoms with Crippen molar-refractivity contribution in [3.63, 3.8) is 0 Å². The van der Waals surface area contributed by atoms with Crippen molar-refractivity contribution in [1.29, 1.82) is 0 Å². The van der Waals surface area contributed by atoms with Crippen molar-refractivity contribution < 1.29 is 4.74 Å². The Morgan fingerprint density at radius 2 is 2.04 bits per heavy atom. The standard InChI is InChI=1S/C15H11ClN6O/c1-23-13-5-3-2-4-11(13)18-14-15-19-20-21-22(15)12-8-9(16)6-7-10(12)17-14/h2-8H,1H3,(H,17,18). The van der Waals surface area contributed by atoms with Gasteiger partial charge in [-0.15, -0.1) is 5.10 Å². The lowest BCUT2D eigenvalue weighted by molar-refractivity contribution is 0.417. The Hall–Kier alpha value is -2.93. The molecule has 2 aromatic heterocycles. The van der Waals surface area contributed by atoms with Crippen LogP contribution in [-0.4, -0.2) is 32.1 Å². The van der Waals surface area contributed by atoms with Crippen LogP contribution in [0, 0.1) is 0 Å². The number of tetrazole rings is 1. The van der Waals surface area contributed by atoms with E-state index in [-0.39, 0.29) is 0 Å². The van der Waals surface area contributed by atoms with Gasteiger partial charge in [0.2, 0.25) is 5.65 Å². The number of halogens is 1. The molecule has 0 amide bonds. The highest BCUT2D eigenvalue weighted by atomic mass is 35.5. The van der Waals surface area contributed by atoms with E-state index in [1.165, 1.54) is 0 Å². The number of methoxy groups -OCH3 is 1. The molecule has 4 aromatic rings. The van der Waals surface area contributed by atoms with Crippen LogP contribution in [0.3, 0.4) is 0 Å². The number of para-hydroxylation sites is 2. The summed E-state index contributed by atoms with van der Waals surface area (Å²) in [7, 11) is 1.62. The molecule has 0 saturated carbocycles. The fraction of sp³-hybridized carbons (Fsp3) is 0.0667. The van der Waals surface area contributed by atoms with Crippen molar-refractivity contribution in [3.05, 3.63) is 47.5 Å². The third-order valence-corrected chi connectivity index (χ3v) is 3.67. The Morgan fingerprint density at radius 1 is 1.17 bits per heavy atom. The summed E-state index contributed by atoms with van der Waals surface area (Å²) in [5, 5.41) is 15.6. The lowest BCUT2D eigenvalue weighted by atomic mass is 10.3. The number of hydrogen-bond donors (Lipinski definition) is 1. The summed E-state index contributed by atoms with van der Waals surface area (Å²) in [4.78, 5) is 4.60. The van der Waals surface area contributed by atoms with Gasteiger partial charge in [0.25, 0.3) is 0 Å². The maximum Gasteiger partial charge on any atom is 0.222 e. The van der Waals surface area contributed by atoms with E-state index in [1.807, 2.05) is 30.3 Å². The molecule has 23 heavy (non-hydrogen) atoms. The van der Waals surface area contributed by atoms with Gasteiger partial charge >= 0.3 is 0 Å². The van der Waals surface area contributed by atoms with Gasteiger partial charge in [-0.1, -0.05) is 23.7 Å². The van der Waals surface area contributed by atoms with E-state index in [9.17, 15) is 0 Å². The topological polar surface area (TPSA) is 77.2 Å². The van der Waals surface area contributed by atoms with Crippen molar-refractivity contribution in [2.75, 3.05) is 12.4 Å². The van der Waals surface area contributed by atoms with Crippen LogP contribution >= 0.6 is 11.6 Å². The molecule has 1 N–H and O–H groups in total. The average molecular weight is 327 g/mol. The third kappa shape index (κ3) is 2.31. The number of anilines is 2. The minimum atomic E-state index is 0.505. The van der Waals surface area contributed by atoms with E-state index in [0.717, 1.165) is 16.7 Å². The minimum absolute atomic E-state index is 0.505. The maximum absolute atomic E-state index is 6.05. The monoisotopic (exact) mass is 326 g/mol. The highest BCUT2D eigenvalue weighted by Crippen LogP contribution is 2.29. The van der Waals surface area contributed by atoms with Gasteiger partial charge in [-0.05, 0) is 40.8 Å². The normalized spacial score (nSPS) is 11.0. The number of rotatable bonds is 3. The van der Waals surface area contributed by atoms with E-state index in [4.69, 9.17) is 16.3 Å². The number of fused-ring (bicyclic) bond motifs is 3. The van der Waals surface area contributed by atoms with Crippen LogP contribution < -0.4 is 10.1 Å². The molecular formula is C15H11ClN6O. The van der Waals surface area contributed by atoms with E-state index in [0.29, 0.717) is 22.2 Å². The Morgan fingerprint density at radius 3 is 2.91 bits per heavy atom. The lowest BCUT2D eigenvalue weighted by Crippen LogP contribution is -2.02. The second kappa shape index (κ2) is 5.36. The molecule has 0 atom stereocenters. The molecule has 0 fully saturated rings. The molecular weight excluding hydrogens is 316 g/mol. The predicted molar refractivity (Wildman–Crippen MR) is 87.4 cm³/mol. The fourth-order valence-electron chi connectivity index (χ4n) is 2.39. The van der Waals surface area contributed by atoms with Gasteiger partial charge in [0.1, 0.15) is 5.75 Å². The molecule has 4 rings (SSSR count). The average Bonchev–Trinajstić information content (AvgIpc) is 3.06. The van der Waals surface area contributed by atoms with Crippen molar-refractivity contribution in [2.45, 2.75) is 0 Å². The molecule has 0 radical (unpaired) electrons. The maximum atomic E-state index is 6.05. The second-order valence-electron chi connectivity index (χ2n) is 4.83. The van der Waals surface area contributed by atoms with Crippen LogP contribution in [0.2, 0.25) is 5.02 Å². The van der Waals surface area contributed by atoms with Gasteiger partial charge < -0.3 is 10.1 Å². The van der Waals surface area contributed by atoms with Gasteiger partial charge in [-0.3, -0.25) is 0 Å². The van der Waals surface area contributed by atoms with Gasteiger partial charge in [0, 0.05) is 5.02 Å². The van der Waals surface area contributed by atoms with Gasteiger partial charge in [-0.25, -0.2) is 4.98 Å². The Kier molecular flexibility index (Phi) is 3.20. The molecule has 2 aromatic carbocycles. The lowest BCUT2D eigenvalue weighted by Gasteiger charge is -2.11. The van der Waals surface area contributed by atoms with Crippen molar-refractivity contribution >= 4 is 39.8 Å². The Balaban J connectivity index is 1.92. The molecule has 7 nitrogen and oxygen atoms in total. The zero-order valence-electron chi connectivity index (χ0n) is 12.1. The summed E-state index contributed by atoms with van der Waals surface area (Å²) in [6.45, 7) is 0. The van der Waals surface area contributed by atoms with Gasteiger partial charge in [-0.2, -0.15) is 4.52 Å². The van der Waals surface area contributed by atoms with E-state index >= 15 is 0 Å². The summed E-state index contributed by atoms with van der Waals surface area (Å²) in [6, 6.07) is 12.9. The third-order valence-electron chi connectivity index (χ3n) is 3.44. The zero-order chi connectivity index (χ0) is 15.8. The molecule has 0 spiro atoms. The second-order valence-corrected chi connectivity index (χ2v) is 5.27. The van der Waals surface area contributed by atoms with Crippen LogP contribution in [0.1, 0.15) is 0 Å². The molecule has 114 valence electrons. The van der Waals surface area contributed by atoms with E-state index in [2.05, 4.69) is 25.8 Å². The first-order valence-corrected chi connectivity index (χ1v) is 7.21.